The smallest absolute Gasteiger partial charge is 0.291 e. The molecule has 0 fully saturated rings. The molecule has 0 radical (unpaired) electrons. The molecular formula is C18H13Cl2NO4S. The van der Waals surface area contributed by atoms with Gasteiger partial charge in [-0.05, 0) is 49.4 Å². The second kappa shape index (κ2) is 7.15. The van der Waals surface area contributed by atoms with E-state index in [4.69, 9.17) is 27.6 Å². The first kappa shape index (κ1) is 18.5. The fourth-order valence-corrected chi connectivity index (χ4v) is 3.71. The van der Waals surface area contributed by atoms with E-state index in [0.29, 0.717) is 15.7 Å². The molecule has 0 saturated carbocycles. The lowest BCUT2D eigenvalue weighted by Crippen LogP contribution is -2.11. The Bertz CT molecular complexity index is 1070. The maximum absolute atomic E-state index is 12.6. The molecular weight excluding hydrogens is 397 g/mol. The molecule has 3 aromatic rings. The van der Waals surface area contributed by atoms with Crippen molar-refractivity contribution in [3.63, 3.8) is 0 Å². The van der Waals surface area contributed by atoms with Gasteiger partial charge in [-0.3, -0.25) is 4.79 Å². The largest absolute Gasteiger partial charge is 0.439 e. The summed E-state index contributed by atoms with van der Waals surface area (Å²) in [5, 5.41) is 2.91. The third-order valence-electron chi connectivity index (χ3n) is 3.58. The number of carbonyl (C=O) groups is 1. The molecule has 0 saturated heterocycles. The van der Waals surface area contributed by atoms with Crippen molar-refractivity contribution in [1.82, 2.24) is 0 Å². The maximum atomic E-state index is 12.6. The molecule has 5 nitrogen and oxygen atoms in total. The van der Waals surface area contributed by atoms with Gasteiger partial charge < -0.3 is 9.73 Å². The van der Waals surface area contributed by atoms with Crippen LogP contribution < -0.4 is 5.32 Å². The number of aryl methyl sites for hydroxylation is 1. The summed E-state index contributed by atoms with van der Waals surface area (Å²) >= 11 is 11.9. The van der Waals surface area contributed by atoms with Gasteiger partial charge in [-0.1, -0.05) is 40.9 Å². The van der Waals surface area contributed by atoms with Crippen LogP contribution in [0.2, 0.25) is 10.0 Å². The van der Waals surface area contributed by atoms with Crippen LogP contribution in [0.3, 0.4) is 0 Å². The Hall–Kier alpha value is -2.28. The summed E-state index contributed by atoms with van der Waals surface area (Å²) in [6.45, 7) is 1.85. The Kier molecular flexibility index (Phi) is 5.09. The van der Waals surface area contributed by atoms with Crippen LogP contribution in [0.5, 0.6) is 0 Å². The Morgan fingerprint density at radius 2 is 1.69 bits per heavy atom. The Morgan fingerprint density at radius 1 is 1.00 bits per heavy atom. The molecule has 1 amide bonds. The van der Waals surface area contributed by atoms with Crippen LogP contribution in [0.25, 0.3) is 0 Å². The molecule has 8 heteroatoms. The second-order valence-corrected chi connectivity index (χ2v) is 8.24. The predicted molar refractivity (Wildman–Crippen MR) is 99.8 cm³/mol. The van der Waals surface area contributed by atoms with Crippen molar-refractivity contribution in [3.05, 3.63) is 76.0 Å². The van der Waals surface area contributed by atoms with E-state index in [9.17, 15) is 13.2 Å². The number of amides is 1. The molecule has 0 bridgehead atoms. The minimum absolute atomic E-state index is 0.0855. The molecule has 0 unspecified atom stereocenters. The average molecular weight is 410 g/mol. The minimum Gasteiger partial charge on any atom is -0.439 e. The van der Waals surface area contributed by atoms with Gasteiger partial charge in [0.15, 0.2) is 5.76 Å². The third kappa shape index (κ3) is 3.77. The Balaban J connectivity index is 1.86. The standard InChI is InChI=1S/C18H13Cl2NO4S/c1-11-2-5-13(6-3-11)26(23,24)17-9-8-16(25-17)18(22)21-15-10-12(19)4-7-14(15)20/h2-10H,1H3,(H,21,22). The molecule has 0 aliphatic heterocycles. The average Bonchev–Trinajstić information content (AvgIpc) is 3.09. The van der Waals surface area contributed by atoms with E-state index in [2.05, 4.69) is 5.32 Å². The summed E-state index contributed by atoms with van der Waals surface area (Å²) in [6, 6.07) is 13.5. The Morgan fingerprint density at radius 3 is 2.38 bits per heavy atom. The van der Waals surface area contributed by atoms with E-state index in [0.717, 1.165) is 5.56 Å². The molecule has 0 atom stereocenters. The molecule has 0 spiro atoms. The number of furan rings is 1. The number of nitrogens with one attached hydrogen (secondary N) is 1. The number of sulfone groups is 1. The van der Waals surface area contributed by atoms with Gasteiger partial charge in [0.1, 0.15) is 0 Å². The highest BCUT2D eigenvalue weighted by Crippen LogP contribution is 2.27. The number of hydrogen-bond acceptors (Lipinski definition) is 4. The van der Waals surface area contributed by atoms with E-state index >= 15 is 0 Å². The summed E-state index contributed by atoms with van der Waals surface area (Å²) in [5.74, 6) is -0.800. The molecule has 2 aromatic carbocycles. The highest BCUT2D eigenvalue weighted by molar-refractivity contribution is 7.91. The van der Waals surface area contributed by atoms with E-state index in [1.807, 2.05) is 6.92 Å². The fraction of sp³-hybridized carbons (Fsp3) is 0.0556. The number of hydrogen-bond donors (Lipinski definition) is 1. The van der Waals surface area contributed by atoms with Crippen LogP contribution in [-0.2, 0) is 9.84 Å². The van der Waals surface area contributed by atoms with Gasteiger partial charge in [0, 0.05) is 5.02 Å². The van der Waals surface area contributed by atoms with Crippen LogP contribution in [0.4, 0.5) is 5.69 Å². The van der Waals surface area contributed by atoms with Crippen molar-refractivity contribution in [3.8, 4) is 0 Å². The van der Waals surface area contributed by atoms with Gasteiger partial charge in [0.2, 0.25) is 14.9 Å². The summed E-state index contributed by atoms with van der Waals surface area (Å²) in [6.07, 6.45) is 0. The zero-order valence-electron chi connectivity index (χ0n) is 13.5. The SMILES string of the molecule is Cc1ccc(S(=O)(=O)c2ccc(C(=O)Nc3cc(Cl)ccc3Cl)o2)cc1. The topological polar surface area (TPSA) is 76.4 Å². The van der Waals surface area contributed by atoms with Crippen LogP contribution in [-0.4, -0.2) is 14.3 Å². The van der Waals surface area contributed by atoms with Crippen molar-refractivity contribution in [2.75, 3.05) is 5.32 Å². The number of benzene rings is 2. The summed E-state index contributed by atoms with van der Waals surface area (Å²) < 4.78 is 30.4. The van der Waals surface area contributed by atoms with E-state index < -0.39 is 15.7 Å². The Labute approximate surface area is 160 Å². The molecule has 3 rings (SSSR count). The first-order valence-electron chi connectivity index (χ1n) is 7.45. The van der Waals surface area contributed by atoms with Crippen LogP contribution in [0.15, 0.2) is 69.0 Å². The van der Waals surface area contributed by atoms with Gasteiger partial charge in [-0.25, -0.2) is 8.42 Å². The van der Waals surface area contributed by atoms with Crippen molar-refractivity contribution < 1.29 is 17.6 Å². The van der Waals surface area contributed by atoms with Crippen LogP contribution in [0, 0.1) is 6.92 Å². The van der Waals surface area contributed by atoms with Gasteiger partial charge in [0.25, 0.3) is 5.91 Å². The molecule has 134 valence electrons. The lowest BCUT2D eigenvalue weighted by atomic mass is 10.2. The van der Waals surface area contributed by atoms with E-state index in [-0.39, 0.29) is 15.7 Å². The normalized spacial score (nSPS) is 11.3. The zero-order valence-corrected chi connectivity index (χ0v) is 15.8. The number of halogens is 2. The fourth-order valence-electron chi connectivity index (χ4n) is 2.20. The third-order valence-corrected chi connectivity index (χ3v) is 5.78. The first-order chi connectivity index (χ1) is 12.3. The van der Waals surface area contributed by atoms with Crippen molar-refractivity contribution in [2.45, 2.75) is 16.9 Å². The van der Waals surface area contributed by atoms with Crippen molar-refractivity contribution in [2.24, 2.45) is 0 Å². The first-order valence-corrected chi connectivity index (χ1v) is 9.69. The predicted octanol–water partition coefficient (Wildman–Crippen LogP) is 4.98. The van der Waals surface area contributed by atoms with Crippen molar-refractivity contribution >= 4 is 44.6 Å². The lowest BCUT2D eigenvalue weighted by molar-refractivity contribution is 0.0991. The molecule has 1 N–H and O–H groups in total. The van der Waals surface area contributed by atoms with E-state index in [1.165, 1.54) is 36.4 Å². The molecule has 0 aliphatic carbocycles. The molecule has 1 heterocycles. The van der Waals surface area contributed by atoms with Gasteiger partial charge in [-0.15, -0.1) is 0 Å². The zero-order chi connectivity index (χ0) is 18.9. The number of anilines is 1. The van der Waals surface area contributed by atoms with Gasteiger partial charge >= 0.3 is 0 Å². The lowest BCUT2D eigenvalue weighted by Gasteiger charge is -2.06. The summed E-state index contributed by atoms with van der Waals surface area (Å²) in [4.78, 5) is 12.4. The van der Waals surface area contributed by atoms with Gasteiger partial charge in [-0.2, -0.15) is 0 Å². The highest BCUT2D eigenvalue weighted by atomic mass is 35.5. The quantitative estimate of drug-likeness (QED) is 0.658. The van der Waals surface area contributed by atoms with Crippen LogP contribution >= 0.6 is 23.2 Å². The van der Waals surface area contributed by atoms with Gasteiger partial charge in [0.05, 0.1) is 15.6 Å². The molecule has 26 heavy (non-hydrogen) atoms. The minimum atomic E-state index is -3.85. The molecule has 1 aromatic heterocycles. The van der Waals surface area contributed by atoms with E-state index in [1.54, 1.807) is 18.2 Å². The molecule has 0 aliphatic rings. The van der Waals surface area contributed by atoms with Crippen LogP contribution in [0.1, 0.15) is 16.1 Å². The second-order valence-electron chi connectivity index (χ2n) is 5.51. The van der Waals surface area contributed by atoms with Crippen molar-refractivity contribution in [1.29, 1.82) is 0 Å². The number of rotatable bonds is 4. The maximum Gasteiger partial charge on any atom is 0.291 e. The monoisotopic (exact) mass is 409 g/mol. The summed E-state index contributed by atoms with van der Waals surface area (Å²) in [7, 11) is -3.85. The number of carbonyl (C=O) groups excluding carboxylic acids is 1. The highest BCUT2D eigenvalue weighted by Gasteiger charge is 2.23. The summed E-state index contributed by atoms with van der Waals surface area (Å²) in [5.41, 5.74) is 1.23.